The van der Waals surface area contributed by atoms with Gasteiger partial charge < -0.3 is 9.15 Å². The van der Waals surface area contributed by atoms with Crippen molar-refractivity contribution in [3.8, 4) is 22.8 Å². The summed E-state index contributed by atoms with van der Waals surface area (Å²) in [5.41, 5.74) is 6.54. The Labute approximate surface area is 156 Å². The van der Waals surface area contributed by atoms with Gasteiger partial charge in [-0.1, -0.05) is 30.3 Å². The van der Waals surface area contributed by atoms with E-state index in [4.69, 9.17) is 9.15 Å². The summed E-state index contributed by atoms with van der Waals surface area (Å²) < 4.78 is 15.0. The van der Waals surface area contributed by atoms with Crippen LogP contribution in [0.3, 0.4) is 0 Å². The molecular weight excluding hydrogens is 334 g/mol. The molecule has 0 spiro atoms. The molecule has 0 bridgehead atoms. The fourth-order valence-corrected chi connectivity index (χ4v) is 4.54. The van der Waals surface area contributed by atoms with Crippen molar-refractivity contribution >= 4 is 32.7 Å². The molecule has 0 atom stereocenters. The summed E-state index contributed by atoms with van der Waals surface area (Å²) in [6.45, 7) is 4.27. The Morgan fingerprint density at radius 3 is 2.59 bits per heavy atom. The average Bonchev–Trinajstić information content (AvgIpc) is 3.06. The van der Waals surface area contributed by atoms with Gasteiger partial charge in [0.2, 0.25) is 5.69 Å². The van der Waals surface area contributed by atoms with E-state index in [1.807, 2.05) is 12.1 Å². The first kappa shape index (κ1) is 14.8. The molecule has 0 aliphatic carbocycles. The number of pyridine rings is 1. The lowest BCUT2D eigenvalue weighted by atomic mass is 9.92. The molecule has 3 heterocycles. The van der Waals surface area contributed by atoms with Crippen LogP contribution in [-0.2, 0) is 7.05 Å². The predicted molar refractivity (Wildman–Crippen MR) is 107 cm³/mol. The Balaban J connectivity index is 1.93. The fraction of sp³-hybridized carbons (Fsp3) is 0.125. The van der Waals surface area contributed by atoms with Crippen molar-refractivity contribution in [3.05, 3.63) is 65.9 Å². The second kappa shape index (κ2) is 4.89. The number of aryl methyl sites for hydroxylation is 3. The maximum atomic E-state index is 6.49. The van der Waals surface area contributed by atoms with Gasteiger partial charge in [0.25, 0.3) is 0 Å². The summed E-state index contributed by atoms with van der Waals surface area (Å²) in [7, 11) is 2.10. The van der Waals surface area contributed by atoms with Crippen LogP contribution in [0, 0.1) is 13.8 Å². The Morgan fingerprint density at radius 1 is 0.852 bits per heavy atom. The molecule has 3 heteroatoms. The smallest absolute Gasteiger partial charge is 0.228 e. The maximum absolute atomic E-state index is 6.49. The number of para-hydroxylation sites is 1. The van der Waals surface area contributed by atoms with E-state index in [9.17, 15) is 0 Å². The molecule has 0 N–H and O–H groups in total. The lowest BCUT2D eigenvalue weighted by molar-refractivity contribution is -0.659. The highest BCUT2D eigenvalue weighted by atomic mass is 16.5. The van der Waals surface area contributed by atoms with Gasteiger partial charge >= 0.3 is 0 Å². The fourth-order valence-electron chi connectivity index (χ4n) is 4.54. The van der Waals surface area contributed by atoms with E-state index in [0.29, 0.717) is 0 Å². The van der Waals surface area contributed by atoms with E-state index in [0.717, 1.165) is 55.3 Å². The normalized spacial score (nSPS) is 12.6. The zero-order chi connectivity index (χ0) is 18.3. The highest BCUT2D eigenvalue weighted by Gasteiger charge is 2.32. The lowest BCUT2D eigenvalue weighted by Crippen LogP contribution is -2.31. The number of ether oxygens (including phenoxy) is 1. The van der Waals surface area contributed by atoms with Crippen molar-refractivity contribution in [2.45, 2.75) is 13.8 Å². The lowest BCUT2D eigenvalue weighted by Gasteiger charge is -2.22. The maximum Gasteiger partial charge on any atom is 0.228 e. The van der Waals surface area contributed by atoms with Gasteiger partial charge in [-0.2, -0.15) is 0 Å². The second-order valence-corrected chi connectivity index (χ2v) is 7.37. The molecule has 3 aromatic carbocycles. The summed E-state index contributed by atoms with van der Waals surface area (Å²) in [6.07, 6.45) is 2.12. The molecule has 0 fully saturated rings. The monoisotopic (exact) mass is 352 g/mol. The number of nitrogens with zero attached hydrogens (tertiary/aromatic N) is 1. The highest BCUT2D eigenvalue weighted by molar-refractivity contribution is 6.21. The van der Waals surface area contributed by atoms with Crippen LogP contribution in [0.25, 0.3) is 44.0 Å². The summed E-state index contributed by atoms with van der Waals surface area (Å²) in [5, 5.41) is 4.51. The number of benzene rings is 3. The summed E-state index contributed by atoms with van der Waals surface area (Å²) in [4.78, 5) is 0. The predicted octanol–water partition coefficient (Wildman–Crippen LogP) is 5.95. The second-order valence-electron chi connectivity index (χ2n) is 7.37. The van der Waals surface area contributed by atoms with Crippen molar-refractivity contribution in [2.24, 2.45) is 7.05 Å². The van der Waals surface area contributed by atoms with E-state index >= 15 is 0 Å². The number of fused-ring (bicyclic) bond motifs is 6. The van der Waals surface area contributed by atoms with Crippen LogP contribution in [0.4, 0.5) is 0 Å². The average molecular weight is 352 g/mol. The van der Waals surface area contributed by atoms with Crippen molar-refractivity contribution in [2.75, 3.05) is 0 Å². The van der Waals surface area contributed by atoms with Crippen molar-refractivity contribution < 1.29 is 13.7 Å². The summed E-state index contributed by atoms with van der Waals surface area (Å²) >= 11 is 0. The van der Waals surface area contributed by atoms with Crippen LogP contribution in [0.15, 0.2) is 59.1 Å². The minimum atomic E-state index is 0.914. The first-order valence-corrected chi connectivity index (χ1v) is 9.19. The van der Waals surface area contributed by atoms with Crippen molar-refractivity contribution in [3.63, 3.8) is 0 Å². The number of hydrogen-bond acceptors (Lipinski definition) is 2. The summed E-state index contributed by atoms with van der Waals surface area (Å²) in [5.74, 6) is 1.86. The van der Waals surface area contributed by atoms with Gasteiger partial charge in [-0.15, -0.1) is 0 Å². The highest BCUT2D eigenvalue weighted by Crippen LogP contribution is 2.51. The van der Waals surface area contributed by atoms with Crippen LogP contribution in [0.5, 0.6) is 11.5 Å². The molecule has 5 aromatic rings. The Morgan fingerprint density at radius 2 is 1.70 bits per heavy atom. The molecule has 3 nitrogen and oxygen atoms in total. The molecule has 0 unspecified atom stereocenters. The van der Waals surface area contributed by atoms with Crippen LogP contribution in [0.2, 0.25) is 0 Å². The van der Waals surface area contributed by atoms with Crippen LogP contribution < -0.4 is 9.30 Å². The van der Waals surface area contributed by atoms with Crippen LogP contribution >= 0.6 is 0 Å². The molecule has 130 valence electrons. The van der Waals surface area contributed by atoms with Gasteiger partial charge in [-0.25, -0.2) is 4.57 Å². The Kier molecular flexibility index (Phi) is 2.68. The minimum Gasteiger partial charge on any atom is -0.455 e. The van der Waals surface area contributed by atoms with Crippen LogP contribution in [-0.4, -0.2) is 0 Å². The SMILES string of the molecule is Cc1cccc2c1-c1c3c(c(C)c4c5ccccc5oc4c3cc[n+]1C)O2. The van der Waals surface area contributed by atoms with E-state index in [-0.39, 0.29) is 0 Å². The minimum absolute atomic E-state index is 0.914. The number of hydrogen-bond donors (Lipinski definition) is 0. The van der Waals surface area contributed by atoms with Crippen molar-refractivity contribution in [1.29, 1.82) is 0 Å². The van der Waals surface area contributed by atoms with Gasteiger partial charge in [0, 0.05) is 27.8 Å². The number of rotatable bonds is 0. The molecule has 2 aromatic heterocycles. The Hall–Kier alpha value is -3.33. The van der Waals surface area contributed by atoms with E-state index in [2.05, 4.69) is 68.1 Å². The molecule has 27 heavy (non-hydrogen) atoms. The molecule has 0 saturated heterocycles. The van der Waals surface area contributed by atoms with Gasteiger partial charge in [0.1, 0.15) is 35.1 Å². The topological polar surface area (TPSA) is 26.2 Å². The van der Waals surface area contributed by atoms with Gasteiger partial charge in [-0.05, 0) is 31.5 Å². The zero-order valence-electron chi connectivity index (χ0n) is 15.5. The zero-order valence-corrected chi connectivity index (χ0v) is 15.5. The third-order valence-electron chi connectivity index (χ3n) is 5.79. The largest absolute Gasteiger partial charge is 0.455 e. The molecular formula is C24H18NO2+. The van der Waals surface area contributed by atoms with Gasteiger partial charge in [-0.3, -0.25) is 0 Å². The van der Waals surface area contributed by atoms with Gasteiger partial charge in [0.15, 0.2) is 6.20 Å². The molecule has 0 saturated carbocycles. The third kappa shape index (κ3) is 1.74. The van der Waals surface area contributed by atoms with E-state index in [1.165, 1.54) is 11.3 Å². The van der Waals surface area contributed by atoms with E-state index < -0.39 is 0 Å². The number of furan rings is 1. The first-order chi connectivity index (χ1) is 13.1. The quantitative estimate of drug-likeness (QED) is 0.316. The number of aromatic nitrogens is 1. The molecule has 0 radical (unpaired) electrons. The molecule has 0 amide bonds. The third-order valence-corrected chi connectivity index (χ3v) is 5.79. The van der Waals surface area contributed by atoms with Gasteiger partial charge in [0.05, 0.1) is 5.56 Å². The van der Waals surface area contributed by atoms with E-state index in [1.54, 1.807) is 0 Å². The van der Waals surface area contributed by atoms with Crippen LogP contribution in [0.1, 0.15) is 11.1 Å². The first-order valence-electron chi connectivity index (χ1n) is 9.19. The molecule has 1 aliphatic heterocycles. The Bertz CT molecular complexity index is 1430. The molecule has 1 aliphatic rings. The molecule has 6 rings (SSSR count). The standard InChI is InChI=1S/C24H18NO2/c1-13-7-6-10-18-19(13)22-21-16(11-12-25(22)3)24-20(14(2)23(21)27-18)15-8-4-5-9-17(15)26-24/h4-12H,1-3H3/q+1. The summed E-state index contributed by atoms with van der Waals surface area (Å²) in [6, 6.07) is 16.6. The van der Waals surface area contributed by atoms with Crippen molar-refractivity contribution in [1.82, 2.24) is 0 Å².